The number of carbonyl (C=O) groups is 2. The number of rotatable bonds is 8. The minimum atomic E-state index is -0.722. The summed E-state index contributed by atoms with van der Waals surface area (Å²) >= 11 is 11.9. The van der Waals surface area contributed by atoms with Gasteiger partial charge in [-0.3, -0.25) is 9.59 Å². The minimum absolute atomic E-state index is 0.184. The van der Waals surface area contributed by atoms with Crippen LogP contribution in [0.3, 0.4) is 0 Å². The molecule has 2 aromatic carbocycles. The SMILES string of the molecule is CC(C)CC(NC(=O)c1ccc(Cl)cc1Cl)C(=O)NCCc1ccccc1F. The lowest BCUT2D eigenvalue weighted by Gasteiger charge is -2.20. The fraction of sp³-hybridized carbons (Fsp3) is 0.333. The number of halogens is 3. The van der Waals surface area contributed by atoms with Gasteiger partial charge >= 0.3 is 0 Å². The lowest BCUT2D eigenvalue weighted by molar-refractivity contribution is -0.123. The van der Waals surface area contributed by atoms with E-state index in [1.54, 1.807) is 24.3 Å². The third kappa shape index (κ3) is 6.50. The summed E-state index contributed by atoms with van der Waals surface area (Å²) in [5, 5.41) is 6.14. The van der Waals surface area contributed by atoms with E-state index in [0.717, 1.165) is 0 Å². The van der Waals surface area contributed by atoms with Crippen LogP contribution in [0.4, 0.5) is 4.39 Å². The topological polar surface area (TPSA) is 58.2 Å². The second-order valence-electron chi connectivity index (χ2n) is 6.91. The molecule has 2 aromatic rings. The van der Waals surface area contributed by atoms with Crippen molar-refractivity contribution in [3.8, 4) is 0 Å². The molecule has 2 N–H and O–H groups in total. The maximum absolute atomic E-state index is 13.7. The molecule has 1 atom stereocenters. The van der Waals surface area contributed by atoms with Crippen molar-refractivity contribution in [1.29, 1.82) is 0 Å². The molecule has 0 aromatic heterocycles. The van der Waals surface area contributed by atoms with Gasteiger partial charge in [-0.25, -0.2) is 4.39 Å². The first-order chi connectivity index (χ1) is 13.3. The average Bonchev–Trinajstić information content (AvgIpc) is 2.62. The number of nitrogens with one attached hydrogen (secondary N) is 2. The Morgan fingerprint density at radius 3 is 2.46 bits per heavy atom. The Morgan fingerprint density at radius 1 is 1.11 bits per heavy atom. The van der Waals surface area contributed by atoms with Crippen molar-refractivity contribution in [3.63, 3.8) is 0 Å². The predicted molar refractivity (Wildman–Crippen MR) is 110 cm³/mol. The molecule has 0 heterocycles. The molecule has 0 aliphatic rings. The summed E-state index contributed by atoms with van der Waals surface area (Å²) in [5.41, 5.74) is 0.777. The van der Waals surface area contributed by atoms with Crippen molar-refractivity contribution in [2.45, 2.75) is 32.7 Å². The van der Waals surface area contributed by atoms with Crippen LogP contribution < -0.4 is 10.6 Å². The zero-order valence-electron chi connectivity index (χ0n) is 15.8. The van der Waals surface area contributed by atoms with E-state index in [4.69, 9.17) is 23.2 Å². The van der Waals surface area contributed by atoms with Gasteiger partial charge in [0.1, 0.15) is 11.9 Å². The molecule has 0 saturated carbocycles. The van der Waals surface area contributed by atoms with Crippen LogP contribution in [-0.4, -0.2) is 24.4 Å². The van der Waals surface area contributed by atoms with E-state index in [9.17, 15) is 14.0 Å². The first-order valence-electron chi connectivity index (χ1n) is 9.05. The molecule has 4 nitrogen and oxygen atoms in total. The van der Waals surface area contributed by atoms with Crippen LogP contribution >= 0.6 is 23.2 Å². The van der Waals surface area contributed by atoms with E-state index in [1.165, 1.54) is 18.2 Å². The molecule has 0 saturated heterocycles. The largest absolute Gasteiger partial charge is 0.354 e. The van der Waals surface area contributed by atoms with E-state index < -0.39 is 11.9 Å². The molecule has 0 spiro atoms. The lowest BCUT2D eigenvalue weighted by atomic mass is 10.0. The molecule has 0 aliphatic heterocycles. The summed E-state index contributed by atoms with van der Waals surface area (Å²) in [5.74, 6) is -0.885. The molecular formula is C21H23Cl2FN2O2. The van der Waals surface area contributed by atoms with Crippen molar-refractivity contribution >= 4 is 35.0 Å². The molecule has 0 fully saturated rings. The van der Waals surface area contributed by atoms with Gasteiger partial charge in [-0.2, -0.15) is 0 Å². The van der Waals surface area contributed by atoms with Gasteiger partial charge in [0.15, 0.2) is 0 Å². The smallest absolute Gasteiger partial charge is 0.253 e. The first kappa shape index (κ1) is 22.2. The summed E-state index contributed by atoms with van der Waals surface area (Å²) < 4.78 is 13.7. The summed E-state index contributed by atoms with van der Waals surface area (Å²) in [7, 11) is 0. The van der Waals surface area contributed by atoms with Crippen molar-refractivity contribution < 1.29 is 14.0 Å². The number of hydrogen-bond donors (Lipinski definition) is 2. The molecule has 0 bridgehead atoms. The first-order valence-corrected chi connectivity index (χ1v) is 9.80. The molecule has 1 unspecified atom stereocenters. The van der Waals surface area contributed by atoms with Crippen LogP contribution in [0.25, 0.3) is 0 Å². The van der Waals surface area contributed by atoms with Crippen LogP contribution in [0, 0.1) is 11.7 Å². The van der Waals surface area contributed by atoms with Crippen molar-refractivity contribution in [2.75, 3.05) is 6.54 Å². The van der Waals surface area contributed by atoms with Crippen LogP contribution in [0.1, 0.15) is 36.2 Å². The second kappa shape index (κ2) is 10.4. The highest BCUT2D eigenvalue weighted by molar-refractivity contribution is 6.36. The molecule has 150 valence electrons. The molecule has 7 heteroatoms. The number of benzene rings is 2. The molecular weight excluding hydrogens is 402 g/mol. The highest BCUT2D eigenvalue weighted by atomic mass is 35.5. The fourth-order valence-electron chi connectivity index (χ4n) is 2.76. The fourth-order valence-corrected chi connectivity index (χ4v) is 3.25. The zero-order valence-corrected chi connectivity index (χ0v) is 17.3. The van der Waals surface area contributed by atoms with Gasteiger partial charge in [0, 0.05) is 11.6 Å². The Hall–Kier alpha value is -2.11. The van der Waals surface area contributed by atoms with Gasteiger partial charge in [-0.1, -0.05) is 55.2 Å². The maximum atomic E-state index is 13.7. The van der Waals surface area contributed by atoms with E-state index in [0.29, 0.717) is 23.4 Å². The number of carbonyl (C=O) groups excluding carboxylic acids is 2. The summed E-state index contributed by atoms with van der Waals surface area (Å²) in [6, 6.07) is 10.3. The quantitative estimate of drug-likeness (QED) is 0.648. The van der Waals surface area contributed by atoms with Crippen LogP contribution in [-0.2, 0) is 11.2 Å². The average molecular weight is 425 g/mol. The number of amides is 2. The van der Waals surface area contributed by atoms with Crippen molar-refractivity contribution in [3.05, 3.63) is 69.5 Å². The second-order valence-corrected chi connectivity index (χ2v) is 7.76. The van der Waals surface area contributed by atoms with Crippen molar-refractivity contribution in [1.82, 2.24) is 10.6 Å². The molecule has 2 amide bonds. The van der Waals surface area contributed by atoms with Gasteiger partial charge in [0.25, 0.3) is 5.91 Å². The van der Waals surface area contributed by atoms with Gasteiger partial charge in [-0.15, -0.1) is 0 Å². The predicted octanol–water partition coefficient (Wildman–Crippen LogP) is 4.64. The van der Waals surface area contributed by atoms with Gasteiger partial charge in [0.05, 0.1) is 10.6 Å². The van der Waals surface area contributed by atoms with Gasteiger partial charge in [0.2, 0.25) is 5.91 Å². The number of hydrogen-bond acceptors (Lipinski definition) is 2. The van der Waals surface area contributed by atoms with Crippen LogP contribution in [0.15, 0.2) is 42.5 Å². The molecule has 28 heavy (non-hydrogen) atoms. The minimum Gasteiger partial charge on any atom is -0.354 e. The van der Waals surface area contributed by atoms with Crippen LogP contribution in [0.2, 0.25) is 10.0 Å². The van der Waals surface area contributed by atoms with E-state index in [1.807, 2.05) is 13.8 Å². The standard InChI is InChI=1S/C21H23Cl2FN2O2/c1-13(2)11-19(26-20(27)16-8-7-15(22)12-17(16)23)21(28)25-10-9-14-5-3-4-6-18(14)24/h3-8,12-13,19H,9-11H2,1-2H3,(H,25,28)(H,26,27). The molecule has 0 aliphatic carbocycles. The summed E-state index contributed by atoms with van der Waals surface area (Å²) in [4.78, 5) is 25.1. The Balaban J connectivity index is 2.00. The third-order valence-electron chi connectivity index (χ3n) is 4.16. The monoisotopic (exact) mass is 424 g/mol. The zero-order chi connectivity index (χ0) is 20.7. The third-order valence-corrected chi connectivity index (χ3v) is 4.70. The normalized spacial score (nSPS) is 11.9. The Bertz CT molecular complexity index is 843. The maximum Gasteiger partial charge on any atom is 0.253 e. The Kier molecular flexibility index (Phi) is 8.27. The van der Waals surface area contributed by atoms with E-state index in [2.05, 4.69) is 10.6 Å². The highest BCUT2D eigenvalue weighted by Crippen LogP contribution is 2.21. The Labute approximate surface area is 174 Å². The van der Waals surface area contributed by atoms with Crippen LogP contribution in [0.5, 0.6) is 0 Å². The van der Waals surface area contributed by atoms with Crippen molar-refractivity contribution in [2.24, 2.45) is 5.92 Å². The summed E-state index contributed by atoms with van der Waals surface area (Å²) in [6.07, 6.45) is 0.826. The summed E-state index contributed by atoms with van der Waals surface area (Å²) in [6.45, 7) is 4.19. The van der Waals surface area contributed by atoms with E-state index in [-0.39, 0.29) is 34.8 Å². The van der Waals surface area contributed by atoms with Gasteiger partial charge in [-0.05, 0) is 48.6 Å². The highest BCUT2D eigenvalue weighted by Gasteiger charge is 2.23. The Morgan fingerprint density at radius 2 is 1.82 bits per heavy atom. The molecule has 2 rings (SSSR count). The molecule has 0 radical (unpaired) electrons. The van der Waals surface area contributed by atoms with E-state index >= 15 is 0 Å². The lowest BCUT2D eigenvalue weighted by Crippen LogP contribution is -2.47. The van der Waals surface area contributed by atoms with Gasteiger partial charge < -0.3 is 10.6 Å².